The maximum atomic E-state index is 12.6. The van der Waals surface area contributed by atoms with Crippen LogP contribution in [0.15, 0.2) is 24.4 Å². The standard InChI is InChI=1S/C18H22N2O4/c1-12-2-4-16-15(8-12)13(10-19-16)3-5-17(21)20-6-7-24-11-14(20)9-18(22)23/h2,4,8,10,14,19H,3,5-7,9,11H2,1H3,(H,22,23). The zero-order valence-corrected chi connectivity index (χ0v) is 13.7. The van der Waals surface area contributed by atoms with Crippen LogP contribution in [0, 0.1) is 6.92 Å². The molecule has 2 aromatic rings. The fraction of sp³-hybridized carbons (Fsp3) is 0.444. The van der Waals surface area contributed by atoms with E-state index in [4.69, 9.17) is 9.84 Å². The van der Waals surface area contributed by atoms with Gasteiger partial charge in [0.15, 0.2) is 0 Å². The lowest BCUT2D eigenvalue weighted by Gasteiger charge is -2.35. The smallest absolute Gasteiger partial charge is 0.305 e. The number of aromatic amines is 1. The number of morpholine rings is 1. The number of aromatic nitrogens is 1. The van der Waals surface area contributed by atoms with Gasteiger partial charge < -0.3 is 19.7 Å². The van der Waals surface area contributed by atoms with Gasteiger partial charge >= 0.3 is 5.97 Å². The van der Waals surface area contributed by atoms with Crippen molar-refractivity contribution in [2.24, 2.45) is 0 Å². The van der Waals surface area contributed by atoms with E-state index >= 15 is 0 Å². The Morgan fingerprint density at radius 1 is 1.42 bits per heavy atom. The minimum atomic E-state index is -0.907. The Morgan fingerprint density at radius 3 is 3.04 bits per heavy atom. The van der Waals surface area contributed by atoms with Crippen LogP contribution in [0.2, 0.25) is 0 Å². The van der Waals surface area contributed by atoms with Crippen molar-refractivity contribution >= 4 is 22.8 Å². The summed E-state index contributed by atoms with van der Waals surface area (Å²) in [7, 11) is 0. The van der Waals surface area contributed by atoms with Crippen LogP contribution in [-0.4, -0.2) is 52.7 Å². The van der Waals surface area contributed by atoms with E-state index in [9.17, 15) is 9.59 Å². The second kappa shape index (κ2) is 7.05. The lowest BCUT2D eigenvalue weighted by atomic mass is 10.0. The number of hydrogen-bond acceptors (Lipinski definition) is 3. The van der Waals surface area contributed by atoms with E-state index in [1.54, 1.807) is 4.90 Å². The van der Waals surface area contributed by atoms with E-state index < -0.39 is 5.97 Å². The predicted molar refractivity (Wildman–Crippen MR) is 89.9 cm³/mol. The number of hydrogen-bond donors (Lipinski definition) is 2. The molecule has 24 heavy (non-hydrogen) atoms. The summed E-state index contributed by atoms with van der Waals surface area (Å²) >= 11 is 0. The molecular formula is C18H22N2O4. The number of carboxylic acids is 1. The van der Waals surface area contributed by atoms with Gasteiger partial charge in [-0.1, -0.05) is 11.6 Å². The molecule has 0 bridgehead atoms. The van der Waals surface area contributed by atoms with E-state index in [-0.39, 0.29) is 18.4 Å². The second-order valence-electron chi connectivity index (χ2n) is 6.28. The molecule has 2 heterocycles. The summed E-state index contributed by atoms with van der Waals surface area (Å²) in [5.41, 5.74) is 3.37. The summed E-state index contributed by atoms with van der Waals surface area (Å²) < 4.78 is 5.32. The van der Waals surface area contributed by atoms with Gasteiger partial charge in [-0.2, -0.15) is 0 Å². The van der Waals surface area contributed by atoms with Gasteiger partial charge in [-0.25, -0.2) is 0 Å². The zero-order chi connectivity index (χ0) is 17.1. The Morgan fingerprint density at radius 2 is 2.25 bits per heavy atom. The Bertz CT molecular complexity index is 753. The van der Waals surface area contributed by atoms with E-state index in [0.29, 0.717) is 32.6 Å². The molecule has 1 fully saturated rings. The Labute approximate surface area is 140 Å². The molecule has 1 aromatic carbocycles. The molecule has 1 aliphatic rings. The van der Waals surface area contributed by atoms with E-state index in [1.807, 2.05) is 19.2 Å². The van der Waals surface area contributed by atoms with Crippen molar-refractivity contribution in [2.45, 2.75) is 32.2 Å². The van der Waals surface area contributed by atoms with Crippen LogP contribution < -0.4 is 0 Å². The lowest BCUT2D eigenvalue weighted by molar-refractivity contribution is -0.146. The number of carbonyl (C=O) groups is 2. The monoisotopic (exact) mass is 330 g/mol. The third-order valence-electron chi connectivity index (χ3n) is 4.49. The summed E-state index contributed by atoms with van der Waals surface area (Å²) in [6, 6.07) is 5.85. The van der Waals surface area contributed by atoms with Gasteiger partial charge in [0.2, 0.25) is 5.91 Å². The summed E-state index contributed by atoms with van der Waals surface area (Å²) in [6.07, 6.45) is 2.89. The molecular weight excluding hydrogens is 308 g/mol. The zero-order valence-electron chi connectivity index (χ0n) is 13.7. The highest BCUT2D eigenvalue weighted by Crippen LogP contribution is 2.22. The van der Waals surface area contributed by atoms with Gasteiger partial charge in [-0.05, 0) is 31.0 Å². The molecule has 0 spiro atoms. The molecule has 1 saturated heterocycles. The average molecular weight is 330 g/mol. The number of aliphatic carboxylic acids is 1. The second-order valence-corrected chi connectivity index (χ2v) is 6.28. The van der Waals surface area contributed by atoms with Crippen LogP contribution in [0.25, 0.3) is 10.9 Å². The summed E-state index contributed by atoms with van der Waals surface area (Å²) in [4.78, 5) is 28.4. The van der Waals surface area contributed by atoms with Crippen molar-refractivity contribution in [3.05, 3.63) is 35.5 Å². The number of rotatable bonds is 5. The number of carboxylic acid groups (broad SMARTS) is 1. The van der Waals surface area contributed by atoms with Crippen LogP contribution in [0.4, 0.5) is 0 Å². The van der Waals surface area contributed by atoms with E-state index in [1.165, 1.54) is 5.56 Å². The number of fused-ring (bicyclic) bond motifs is 1. The van der Waals surface area contributed by atoms with Crippen molar-refractivity contribution in [2.75, 3.05) is 19.8 Å². The first-order chi connectivity index (χ1) is 11.5. The fourth-order valence-corrected chi connectivity index (χ4v) is 3.24. The summed E-state index contributed by atoms with van der Waals surface area (Å²) in [5, 5.41) is 10.1. The molecule has 6 heteroatoms. The molecule has 0 saturated carbocycles. The number of benzene rings is 1. The van der Waals surface area contributed by atoms with Crippen molar-refractivity contribution in [3.8, 4) is 0 Å². The quantitative estimate of drug-likeness (QED) is 0.879. The van der Waals surface area contributed by atoms with E-state index in [2.05, 4.69) is 17.1 Å². The summed E-state index contributed by atoms with van der Waals surface area (Å²) in [5.74, 6) is -0.915. The minimum absolute atomic E-state index is 0.00782. The van der Waals surface area contributed by atoms with Crippen molar-refractivity contribution in [1.82, 2.24) is 9.88 Å². The van der Waals surface area contributed by atoms with Gasteiger partial charge in [0.05, 0.1) is 25.7 Å². The number of nitrogens with zero attached hydrogens (tertiary/aromatic N) is 1. The van der Waals surface area contributed by atoms with Gasteiger partial charge in [0, 0.05) is 30.1 Å². The first kappa shape index (κ1) is 16.5. The Kier molecular flexibility index (Phi) is 4.85. The van der Waals surface area contributed by atoms with Gasteiger partial charge in [-0.15, -0.1) is 0 Å². The van der Waals surface area contributed by atoms with Gasteiger partial charge in [0.25, 0.3) is 0 Å². The number of amides is 1. The summed E-state index contributed by atoms with van der Waals surface area (Å²) in [6.45, 7) is 3.27. The van der Waals surface area contributed by atoms with E-state index in [0.717, 1.165) is 16.5 Å². The molecule has 1 unspecified atom stereocenters. The minimum Gasteiger partial charge on any atom is -0.481 e. The Hall–Kier alpha value is -2.34. The number of carbonyl (C=O) groups excluding carboxylic acids is 1. The van der Waals surface area contributed by atoms with Crippen LogP contribution in [0.1, 0.15) is 24.0 Å². The molecule has 1 atom stereocenters. The highest BCUT2D eigenvalue weighted by Gasteiger charge is 2.28. The first-order valence-corrected chi connectivity index (χ1v) is 8.20. The van der Waals surface area contributed by atoms with Crippen LogP contribution in [0.5, 0.6) is 0 Å². The normalized spacial score (nSPS) is 18.0. The highest BCUT2D eigenvalue weighted by atomic mass is 16.5. The molecule has 3 rings (SSSR count). The molecule has 6 nitrogen and oxygen atoms in total. The van der Waals surface area contributed by atoms with Crippen LogP contribution >= 0.6 is 0 Å². The van der Waals surface area contributed by atoms with Crippen molar-refractivity contribution in [3.63, 3.8) is 0 Å². The molecule has 128 valence electrons. The maximum absolute atomic E-state index is 12.6. The largest absolute Gasteiger partial charge is 0.481 e. The molecule has 1 aromatic heterocycles. The fourth-order valence-electron chi connectivity index (χ4n) is 3.24. The van der Waals surface area contributed by atoms with Crippen molar-refractivity contribution in [1.29, 1.82) is 0 Å². The molecule has 0 aliphatic carbocycles. The van der Waals surface area contributed by atoms with Gasteiger partial charge in [0.1, 0.15) is 0 Å². The average Bonchev–Trinajstić information content (AvgIpc) is 2.94. The molecule has 1 amide bonds. The molecule has 0 radical (unpaired) electrons. The molecule has 1 aliphatic heterocycles. The van der Waals surface area contributed by atoms with Crippen LogP contribution in [-0.2, 0) is 20.7 Å². The number of nitrogens with one attached hydrogen (secondary N) is 1. The predicted octanol–water partition coefficient (Wildman–Crippen LogP) is 2.11. The highest BCUT2D eigenvalue weighted by molar-refractivity contribution is 5.85. The van der Waals surface area contributed by atoms with Crippen LogP contribution in [0.3, 0.4) is 0 Å². The first-order valence-electron chi connectivity index (χ1n) is 8.20. The number of H-pyrrole nitrogens is 1. The maximum Gasteiger partial charge on any atom is 0.305 e. The van der Waals surface area contributed by atoms with Crippen molar-refractivity contribution < 1.29 is 19.4 Å². The number of ether oxygens (including phenoxy) is 1. The number of aryl methyl sites for hydroxylation is 2. The Balaban J connectivity index is 1.67. The topological polar surface area (TPSA) is 82.6 Å². The molecule has 2 N–H and O–H groups in total. The van der Waals surface area contributed by atoms with Gasteiger partial charge in [-0.3, -0.25) is 9.59 Å². The lowest BCUT2D eigenvalue weighted by Crippen LogP contribution is -2.49. The third kappa shape index (κ3) is 3.59. The third-order valence-corrected chi connectivity index (χ3v) is 4.49. The SMILES string of the molecule is Cc1ccc2[nH]cc(CCC(=O)N3CCOCC3CC(=O)O)c2c1.